The van der Waals surface area contributed by atoms with Crippen molar-refractivity contribution < 1.29 is 21.6 Å². The topological polar surface area (TPSA) is 99.6 Å². The van der Waals surface area contributed by atoms with E-state index in [4.69, 9.17) is 0 Å². The number of alkyl halides is 3. The maximum Gasteiger partial charge on any atom is 0.433 e. The highest BCUT2D eigenvalue weighted by Crippen LogP contribution is 2.27. The minimum atomic E-state index is -4.53. The smallest absolute Gasteiger partial charge is 0.357 e. The molecule has 0 aliphatic carbocycles. The molecule has 0 unspecified atom stereocenters. The van der Waals surface area contributed by atoms with Gasteiger partial charge >= 0.3 is 6.18 Å². The molecule has 0 aromatic carbocycles. The van der Waals surface area contributed by atoms with Gasteiger partial charge in [-0.2, -0.15) is 13.2 Å². The highest BCUT2D eigenvalue weighted by Gasteiger charge is 2.41. The fourth-order valence-corrected chi connectivity index (χ4v) is 4.05. The van der Waals surface area contributed by atoms with Crippen LogP contribution in [0.1, 0.15) is 26.5 Å². The van der Waals surface area contributed by atoms with Crippen LogP contribution in [-0.2, 0) is 16.0 Å². The number of sulfone groups is 1. The fourth-order valence-electron chi connectivity index (χ4n) is 2.68. The zero-order chi connectivity index (χ0) is 21.0. The molecule has 13 heteroatoms. The van der Waals surface area contributed by atoms with Crippen LogP contribution in [-0.4, -0.2) is 72.5 Å². The van der Waals surface area contributed by atoms with Gasteiger partial charge < -0.3 is 15.5 Å². The van der Waals surface area contributed by atoms with Crippen LogP contribution in [0, 0.1) is 0 Å². The van der Waals surface area contributed by atoms with E-state index in [0.717, 1.165) is 12.3 Å². The number of nitrogens with one attached hydrogen (secondary N) is 2. The number of rotatable bonds is 5. The molecule has 1 saturated heterocycles. The van der Waals surface area contributed by atoms with Crippen molar-refractivity contribution in [3.05, 3.63) is 18.0 Å². The zero-order valence-electron chi connectivity index (χ0n) is 16.5. The summed E-state index contributed by atoms with van der Waals surface area (Å²) in [7, 11) is -3.16. The number of hydrogen-bond donors (Lipinski definition) is 2. The molecular weight excluding hydrogens is 524 g/mol. The summed E-state index contributed by atoms with van der Waals surface area (Å²) >= 11 is 0. The van der Waals surface area contributed by atoms with Crippen LogP contribution in [0.2, 0.25) is 0 Å². The first-order valence-corrected chi connectivity index (χ1v) is 10.5. The third-order valence-electron chi connectivity index (χ3n) is 4.28. The van der Waals surface area contributed by atoms with Crippen LogP contribution in [0.15, 0.2) is 17.3 Å². The second-order valence-electron chi connectivity index (χ2n) is 6.93. The molecule has 8 nitrogen and oxygen atoms in total. The minimum Gasteiger partial charge on any atom is -0.357 e. The van der Waals surface area contributed by atoms with Gasteiger partial charge in [0.05, 0.1) is 17.0 Å². The van der Waals surface area contributed by atoms with Crippen molar-refractivity contribution in [3.63, 3.8) is 0 Å². The van der Waals surface area contributed by atoms with Crippen molar-refractivity contribution in [3.8, 4) is 0 Å². The summed E-state index contributed by atoms with van der Waals surface area (Å²) < 4.78 is 61.4. The lowest BCUT2D eigenvalue weighted by Gasteiger charge is -2.39. The first-order valence-electron chi connectivity index (χ1n) is 8.86. The number of nitrogens with zero attached hydrogens (tertiary/aromatic N) is 4. The van der Waals surface area contributed by atoms with Gasteiger partial charge in [0.15, 0.2) is 15.8 Å². The van der Waals surface area contributed by atoms with Crippen molar-refractivity contribution >= 4 is 45.7 Å². The molecule has 0 spiro atoms. The molecule has 166 valence electrons. The van der Waals surface area contributed by atoms with Crippen LogP contribution >= 0.6 is 24.0 Å². The highest BCUT2D eigenvalue weighted by molar-refractivity contribution is 14.0. The van der Waals surface area contributed by atoms with Gasteiger partial charge in [-0.3, -0.25) is 4.99 Å². The summed E-state index contributed by atoms with van der Waals surface area (Å²) in [6, 6.07) is 0.804. The molecule has 2 N–H and O–H groups in total. The van der Waals surface area contributed by atoms with Crippen LogP contribution in [0.25, 0.3) is 0 Å². The number of anilines is 1. The number of aliphatic imine (C=N–C) groups is 1. The second-order valence-corrected chi connectivity index (χ2v) is 9.67. The molecule has 1 aliphatic heterocycles. The fraction of sp³-hybridized carbons (Fsp3) is 0.688. The Hall–Kier alpha value is -1.38. The van der Waals surface area contributed by atoms with Crippen molar-refractivity contribution in [2.75, 3.05) is 43.8 Å². The lowest BCUT2D eigenvalue weighted by molar-refractivity contribution is -0.141. The molecule has 2 heterocycles. The third kappa shape index (κ3) is 6.83. The van der Waals surface area contributed by atoms with E-state index in [-0.39, 0.29) is 48.8 Å². The van der Waals surface area contributed by atoms with Crippen LogP contribution in [0.4, 0.5) is 19.1 Å². The predicted molar refractivity (Wildman–Crippen MR) is 116 cm³/mol. The van der Waals surface area contributed by atoms with E-state index in [1.54, 1.807) is 13.8 Å². The maximum atomic E-state index is 12.7. The van der Waals surface area contributed by atoms with Gasteiger partial charge in [-0.15, -0.1) is 24.0 Å². The molecule has 0 radical (unpaired) electrons. The molecule has 1 aromatic rings. The maximum absolute atomic E-state index is 12.7. The Balaban J connectivity index is 0.00000420. The number of halogens is 4. The largest absolute Gasteiger partial charge is 0.433 e. The molecule has 1 aliphatic rings. The van der Waals surface area contributed by atoms with Gasteiger partial charge in [-0.25, -0.2) is 18.4 Å². The van der Waals surface area contributed by atoms with E-state index in [1.807, 2.05) is 11.8 Å². The summed E-state index contributed by atoms with van der Waals surface area (Å²) in [5, 5.41) is 5.83. The van der Waals surface area contributed by atoms with Crippen LogP contribution in [0.3, 0.4) is 0 Å². The summed E-state index contributed by atoms with van der Waals surface area (Å²) in [5.41, 5.74) is -1.02. The average Bonchev–Trinajstić information content (AvgIpc) is 2.60. The van der Waals surface area contributed by atoms with Crippen molar-refractivity contribution in [1.82, 2.24) is 20.2 Å². The lowest BCUT2D eigenvalue weighted by Crippen LogP contribution is -2.57. The quantitative estimate of drug-likeness (QED) is 0.251. The predicted octanol–water partition coefficient (Wildman–Crippen LogP) is 2.00. The number of guanidine groups is 1. The van der Waals surface area contributed by atoms with E-state index >= 15 is 0 Å². The standard InChI is InChI=1S/C16H25F3N6O2S.HI/c1-4-20-14(25-9-10-28(26,27)15(2,3)11-25)23-8-7-22-13-21-6-5-12(24-13)16(17,18)19;/h5-6H,4,7-11H2,1-3H3,(H,20,23)(H,21,22,24);1H. The molecule has 0 saturated carbocycles. The van der Waals surface area contributed by atoms with E-state index in [2.05, 4.69) is 25.6 Å². The van der Waals surface area contributed by atoms with Crippen molar-refractivity contribution in [2.24, 2.45) is 4.99 Å². The van der Waals surface area contributed by atoms with E-state index in [0.29, 0.717) is 25.6 Å². The molecule has 2 rings (SSSR count). The Morgan fingerprint density at radius 1 is 1.38 bits per heavy atom. The lowest BCUT2D eigenvalue weighted by atomic mass is 10.2. The third-order valence-corrected chi connectivity index (χ3v) is 6.81. The van der Waals surface area contributed by atoms with Crippen molar-refractivity contribution in [1.29, 1.82) is 0 Å². The zero-order valence-corrected chi connectivity index (χ0v) is 19.6. The Morgan fingerprint density at radius 2 is 2.07 bits per heavy atom. The van der Waals surface area contributed by atoms with Gasteiger partial charge in [0, 0.05) is 32.4 Å². The Labute approximate surface area is 185 Å². The first-order chi connectivity index (χ1) is 13.0. The van der Waals surface area contributed by atoms with Crippen LogP contribution in [0.5, 0.6) is 0 Å². The summed E-state index contributed by atoms with van der Waals surface area (Å²) in [5.74, 6) is 0.484. The van der Waals surface area contributed by atoms with Gasteiger partial charge in [0.25, 0.3) is 0 Å². The average molecular weight is 550 g/mol. The van der Waals surface area contributed by atoms with Crippen LogP contribution < -0.4 is 10.6 Å². The van der Waals surface area contributed by atoms with E-state index in [9.17, 15) is 21.6 Å². The minimum absolute atomic E-state index is 0. The Morgan fingerprint density at radius 3 is 2.66 bits per heavy atom. The molecule has 0 bridgehead atoms. The molecule has 0 amide bonds. The van der Waals surface area contributed by atoms with E-state index < -0.39 is 26.5 Å². The normalized spacial score (nSPS) is 18.7. The molecule has 1 aromatic heterocycles. The monoisotopic (exact) mass is 550 g/mol. The Kier molecular flexibility index (Phi) is 8.92. The molecule has 1 fully saturated rings. The SMILES string of the molecule is CCNC(=NCCNc1nccc(C(F)(F)F)n1)N1CCS(=O)(=O)C(C)(C)C1.I. The number of aromatic nitrogens is 2. The highest BCUT2D eigenvalue weighted by atomic mass is 127. The molecular formula is C16H26F3IN6O2S. The summed E-state index contributed by atoms with van der Waals surface area (Å²) in [4.78, 5) is 13.5. The summed E-state index contributed by atoms with van der Waals surface area (Å²) in [6.45, 7) is 7.00. The first kappa shape index (κ1) is 25.7. The Bertz CT molecular complexity index is 817. The summed E-state index contributed by atoms with van der Waals surface area (Å²) in [6.07, 6.45) is -3.49. The van der Waals surface area contributed by atoms with Gasteiger partial charge in [-0.05, 0) is 26.8 Å². The van der Waals surface area contributed by atoms with Gasteiger partial charge in [-0.1, -0.05) is 0 Å². The number of hydrogen-bond acceptors (Lipinski definition) is 6. The molecule has 0 atom stereocenters. The van der Waals surface area contributed by atoms with Crippen molar-refractivity contribution in [2.45, 2.75) is 31.7 Å². The van der Waals surface area contributed by atoms with E-state index in [1.165, 1.54) is 0 Å². The second kappa shape index (κ2) is 10.1. The van der Waals surface area contributed by atoms with Gasteiger partial charge in [0.2, 0.25) is 5.95 Å². The van der Waals surface area contributed by atoms with Gasteiger partial charge in [0.1, 0.15) is 5.69 Å². The molecule has 29 heavy (non-hydrogen) atoms.